The van der Waals surface area contributed by atoms with Crippen LogP contribution >= 0.6 is 15.9 Å². The van der Waals surface area contributed by atoms with Gasteiger partial charge in [-0.1, -0.05) is 15.9 Å². The molecule has 0 aliphatic rings. The fourth-order valence-corrected chi connectivity index (χ4v) is 1.70. The predicted molar refractivity (Wildman–Crippen MR) is 75.0 cm³/mol. The van der Waals surface area contributed by atoms with E-state index in [9.17, 15) is 9.59 Å². The zero-order valence-corrected chi connectivity index (χ0v) is 11.9. The van der Waals surface area contributed by atoms with Crippen molar-refractivity contribution in [1.29, 1.82) is 0 Å². The monoisotopic (exact) mass is 327 g/mol. The van der Waals surface area contributed by atoms with Crippen LogP contribution in [0.25, 0.3) is 6.08 Å². The number of rotatable bonds is 6. The molecule has 0 saturated carbocycles. The van der Waals surface area contributed by atoms with E-state index in [1.165, 1.54) is 6.08 Å². The molecule has 1 aromatic rings. The fraction of sp³-hybridized carbons (Fsp3) is 0.231. The minimum atomic E-state index is -1.08. The number of aliphatic carboxylic acids is 1. The number of carboxylic acids is 1. The van der Waals surface area contributed by atoms with Crippen LogP contribution in [0.4, 0.5) is 0 Å². The second-order valence-electron chi connectivity index (χ2n) is 3.56. The van der Waals surface area contributed by atoms with Gasteiger partial charge in [0.25, 0.3) is 0 Å². The van der Waals surface area contributed by atoms with Crippen LogP contribution in [-0.4, -0.2) is 30.1 Å². The summed E-state index contributed by atoms with van der Waals surface area (Å²) < 4.78 is 6.29. The van der Waals surface area contributed by atoms with Gasteiger partial charge in [0.15, 0.2) is 0 Å². The summed E-state index contributed by atoms with van der Waals surface area (Å²) in [6.45, 7) is 1.99. The van der Waals surface area contributed by atoms with Gasteiger partial charge in [-0.2, -0.15) is 0 Å². The van der Waals surface area contributed by atoms with E-state index in [4.69, 9.17) is 9.84 Å². The highest BCUT2D eigenvalue weighted by atomic mass is 79.9. The molecule has 0 spiro atoms. The number of carboxylic acid groups (broad SMARTS) is 1. The highest BCUT2D eigenvalue weighted by Crippen LogP contribution is 2.24. The Hall–Kier alpha value is -1.82. The molecule has 0 aliphatic carbocycles. The second-order valence-corrected chi connectivity index (χ2v) is 4.48. The van der Waals surface area contributed by atoms with Gasteiger partial charge in [0.05, 0.1) is 6.61 Å². The quantitative estimate of drug-likeness (QED) is 0.784. The molecule has 0 saturated heterocycles. The van der Waals surface area contributed by atoms with Crippen LogP contribution in [0.2, 0.25) is 0 Å². The van der Waals surface area contributed by atoms with Gasteiger partial charge in [0.2, 0.25) is 5.91 Å². The third-order valence-electron chi connectivity index (χ3n) is 2.10. The van der Waals surface area contributed by atoms with E-state index in [2.05, 4.69) is 21.2 Å². The van der Waals surface area contributed by atoms with Gasteiger partial charge in [-0.25, -0.2) is 0 Å². The Morgan fingerprint density at radius 2 is 2.21 bits per heavy atom. The first-order chi connectivity index (χ1) is 9.02. The number of benzene rings is 1. The van der Waals surface area contributed by atoms with E-state index in [0.29, 0.717) is 12.4 Å². The SMILES string of the molecule is CCOc1ccc(Br)cc1/C=C/C(=O)NCC(=O)O. The summed E-state index contributed by atoms with van der Waals surface area (Å²) in [7, 11) is 0. The molecule has 0 heterocycles. The van der Waals surface area contributed by atoms with Crippen LogP contribution in [0.15, 0.2) is 28.7 Å². The molecule has 5 nitrogen and oxygen atoms in total. The standard InChI is InChI=1S/C13H14BrNO4/c1-2-19-11-5-4-10(14)7-9(11)3-6-12(16)15-8-13(17)18/h3-7H,2,8H2,1H3,(H,15,16)(H,17,18)/b6-3+. The van der Waals surface area contributed by atoms with E-state index < -0.39 is 18.4 Å². The number of hydrogen-bond donors (Lipinski definition) is 2. The number of hydrogen-bond acceptors (Lipinski definition) is 3. The maximum Gasteiger partial charge on any atom is 0.322 e. The summed E-state index contributed by atoms with van der Waals surface area (Å²) in [6.07, 6.45) is 2.85. The molecule has 0 radical (unpaired) electrons. The lowest BCUT2D eigenvalue weighted by molar-refractivity contribution is -0.137. The van der Waals surface area contributed by atoms with Crippen LogP contribution in [0.1, 0.15) is 12.5 Å². The number of carbonyl (C=O) groups excluding carboxylic acids is 1. The summed E-state index contributed by atoms with van der Waals surface area (Å²) in [4.78, 5) is 21.7. The maximum atomic E-state index is 11.4. The van der Waals surface area contributed by atoms with Gasteiger partial charge in [0, 0.05) is 16.1 Å². The first-order valence-corrected chi connectivity index (χ1v) is 6.42. The van der Waals surface area contributed by atoms with Crippen molar-refractivity contribution < 1.29 is 19.4 Å². The minimum Gasteiger partial charge on any atom is -0.493 e. The van der Waals surface area contributed by atoms with Crippen molar-refractivity contribution in [3.05, 3.63) is 34.3 Å². The largest absolute Gasteiger partial charge is 0.493 e. The van der Waals surface area contributed by atoms with Crippen LogP contribution in [0.3, 0.4) is 0 Å². The summed E-state index contributed by atoms with van der Waals surface area (Å²) in [5, 5.41) is 10.7. The summed E-state index contributed by atoms with van der Waals surface area (Å²) in [5.74, 6) is -0.892. The molecule has 0 atom stereocenters. The van der Waals surface area contributed by atoms with Crippen LogP contribution in [0, 0.1) is 0 Å². The molecule has 19 heavy (non-hydrogen) atoms. The van der Waals surface area contributed by atoms with E-state index in [-0.39, 0.29) is 0 Å². The first-order valence-electron chi connectivity index (χ1n) is 5.63. The molecule has 1 amide bonds. The zero-order chi connectivity index (χ0) is 14.3. The maximum absolute atomic E-state index is 11.4. The number of ether oxygens (including phenoxy) is 1. The Labute approximate surface area is 119 Å². The zero-order valence-electron chi connectivity index (χ0n) is 10.4. The van der Waals surface area contributed by atoms with Crippen molar-refractivity contribution in [3.63, 3.8) is 0 Å². The van der Waals surface area contributed by atoms with Gasteiger partial charge in [-0.15, -0.1) is 0 Å². The summed E-state index contributed by atoms with van der Waals surface area (Å²) >= 11 is 3.34. The molecule has 6 heteroatoms. The van der Waals surface area contributed by atoms with E-state index >= 15 is 0 Å². The number of carbonyl (C=O) groups is 2. The van der Waals surface area contributed by atoms with Crippen molar-refractivity contribution in [2.75, 3.05) is 13.2 Å². The second kappa shape index (κ2) is 7.58. The lowest BCUT2D eigenvalue weighted by atomic mass is 10.2. The van der Waals surface area contributed by atoms with Crippen LogP contribution in [0.5, 0.6) is 5.75 Å². The lowest BCUT2D eigenvalue weighted by Gasteiger charge is -2.07. The summed E-state index contributed by atoms with van der Waals surface area (Å²) in [5.41, 5.74) is 0.738. The van der Waals surface area contributed by atoms with E-state index in [0.717, 1.165) is 10.0 Å². The third-order valence-corrected chi connectivity index (χ3v) is 2.59. The molecular weight excluding hydrogens is 314 g/mol. The first kappa shape index (κ1) is 15.2. The van der Waals surface area contributed by atoms with Crippen molar-refractivity contribution in [1.82, 2.24) is 5.32 Å². The van der Waals surface area contributed by atoms with Crippen molar-refractivity contribution in [2.45, 2.75) is 6.92 Å². The molecule has 0 aliphatic heterocycles. The smallest absolute Gasteiger partial charge is 0.322 e. The van der Waals surface area contributed by atoms with Crippen molar-refractivity contribution >= 4 is 33.9 Å². The number of halogens is 1. The van der Waals surface area contributed by atoms with Gasteiger partial charge < -0.3 is 15.2 Å². The Morgan fingerprint density at radius 3 is 2.84 bits per heavy atom. The highest BCUT2D eigenvalue weighted by Gasteiger charge is 2.03. The molecule has 2 N–H and O–H groups in total. The van der Waals surface area contributed by atoms with Crippen LogP contribution < -0.4 is 10.1 Å². The third kappa shape index (κ3) is 5.56. The van der Waals surface area contributed by atoms with Gasteiger partial charge in [-0.05, 0) is 31.2 Å². The number of nitrogens with one attached hydrogen (secondary N) is 1. The Balaban J connectivity index is 2.76. The summed E-state index contributed by atoms with van der Waals surface area (Å²) in [6, 6.07) is 5.45. The van der Waals surface area contributed by atoms with Gasteiger partial charge in [-0.3, -0.25) is 9.59 Å². The normalized spacial score (nSPS) is 10.4. The van der Waals surface area contributed by atoms with Crippen LogP contribution in [-0.2, 0) is 9.59 Å². The minimum absolute atomic E-state index is 0.403. The molecule has 0 fully saturated rings. The molecule has 1 rings (SSSR count). The molecule has 0 unspecified atom stereocenters. The molecule has 102 valence electrons. The number of amides is 1. The average Bonchev–Trinajstić information content (AvgIpc) is 2.36. The highest BCUT2D eigenvalue weighted by molar-refractivity contribution is 9.10. The van der Waals surface area contributed by atoms with Crippen molar-refractivity contribution in [2.24, 2.45) is 0 Å². The van der Waals surface area contributed by atoms with Gasteiger partial charge >= 0.3 is 5.97 Å². The van der Waals surface area contributed by atoms with E-state index in [1.54, 1.807) is 12.1 Å². The fourth-order valence-electron chi connectivity index (χ4n) is 1.32. The van der Waals surface area contributed by atoms with Gasteiger partial charge in [0.1, 0.15) is 12.3 Å². The lowest BCUT2D eigenvalue weighted by Crippen LogP contribution is -2.27. The van der Waals surface area contributed by atoms with E-state index in [1.807, 2.05) is 19.1 Å². The molecule has 0 bridgehead atoms. The molecule has 1 aromatic carbocycles. The Kier molecular flexibility index (Phi) is 6.08. The Bertz CT molecular complexity index is 499. The topological polar surface area (TPSA) is 75.6 Å². The van der Waals surface area contributed by atoms with Crippen molar-refractivity contribution in [3.8, 4) is 5.75 Å². The predicted octanol–water partition coefficient (Wildman–Crippen LogP) is 2.06. The molecular formula is C13H14BrNO4. The average molecular weight is 328 g/mol. The molecule has 0 aromatic heterocycles. The Morgan fingerprint density at radius 1 is 1.47 bits per heavy atom.